The highest BCUT2D eigenvalue weighted by atomic mass is 16.5. The highest BCUT2D eigenvalue weighted by Gasteiger charge is 2.24. The van der Waals surface area contributed by atoms with Crippen LogP contribution in [-0.4, -0.2) is 59.3 Å². The molecule has 7 nitrogen and oxygen atoms in total. The first kappa shape index (κ1) is 26.4. The summed E-state index contributed by atoms with van der Waals surface area (Å²) in [6.45, 7) is 9.06. The third-order valence-electron chi connectivity index (χ3n) is 6.74. The number of aryl methyl sites for hydroxylation is 3. The number of anilines is 1. The van der Waals surface area contributed by atoms with E-state index in [9.17, 15) is 9.59 Å². The summed E-state index contributed by atoms with van der Waals surface area (Å²) in [4.78, 5) is 34.7. The van der Waals surface area contributed by atoms with E-state index in [-0.39, 0.29) is 11.8 Å². The van der Waals surface area contributed by atoms with Crippen LogP contribution < -0.4 is 10.1 Å². The Labute approximate surface area is 219 Å². The van der Waals surface area contributed by atoms with Crippen LogP contribution in [0.4, 0.5) is 5.69 Å². The molecule has 0 atom stereocenters. The number of hydrogen-bond donors (Lipinski definition) is 1. The van der Waals surface area contributed by atoms with E-state index >= 15 is 0 Å². The molecule has 4 rings (SSSR count). The Hall–Kier alpha value is -3.71. The molecule has 0 aliphatic carbocycles. The number of aromatic nitrogens is 1. The predicted octanol–water partition coefficient (Wildman–Crippen LogP) is 5.09. The molecule has 1 saturated heterocycles. The first-order chi connectivity index (χ1) is 18.0. The van der Waals surface area contributed by atoms with E-state index in [2.05, 4.69) is 41.2 Å². The molecule has 3 aromatic rings. The minimum absolute atomic E-state index is 0.0172. The Morgan fingerprint density at radius 2 is 1.65 bits per heavy atom. The zero-order chi connectivity index (χ0) is 26.2. The van der Waals surface area contributed by atoms with Gasteiger partial charge in [0.25, 0.3) is 5.91 Å². The zero-order valence-electron chi connectivity index (χ0n) is 22.0. The van der Waals surface area contributed by atoms with Crippen molar-refractivity contribution in [2.75, 3.05) is 38.0 Å². The lowest BCUT2D eigenvalue weighted by Crippen LogP contribution is -2.38. The molecule has 0 unspecified atom stereocenters. The Bertz CT molecular complexity index is 1200. The van der Waals surface area contributed by atoms with Gasteiger partial charge in [0.2, 0.25) is 11.8 Å². The van der Waals surface area contributed by atoms with Gasteiger partial charge in [-0.25, -0.2) is 4.98 Å². The third-order valence-corrected chi connectivity index (χ3v) is 6.74. The number of rotatable bonds is 8. The molecule has 0 radical (unpaired) electrons. The van der Waals surface area contributed by atoms with Gasteiger partial charge in [-0.05, 0) is 61.6 Å². The van der Waals surface area contributed by atoms with Crippen LogP contribution in [0.5, 0.6) is 11.6 Å². The highest BCUT2D eigenvalue weighted by molar-refractivity contribution is 5.96. The molecule has 1 N–H and O–H groups in total. The lowest BCUT2D eigenvalue weighted by atomic mass is 10.0. The van der Waals surface area contributed by atoms with Crippen LogP contribution in [-0.2, 0) is 17.6 Å². The molecule has 37 heavy (non-hydrogen) atoms. The number of ether oxygens (including phenoxy) is 1. The van der Waals surface area contributed by atoms with Crippen LogP contribution in [0.1, 0.15) is 47.3 Å². The standard InChI is InChI=1S/C30H36N4O3/c1-4-23-9-6-10-24(5-2)28(23)32-27(35)21-33-17-8-18-34(20-19-33)30(36)26-11-7-16-31-29(26)37-25-14-12-22(3)13-15-25/h6-7,9-16H,4-5,8,17-21H2,1-3H3,(H,32,35). The van der Waals surface area contributed by atoms with Gasteiger partial charge >= 0.3 is 0 Å². The molecule has 2 aromatic carbocycles. The van der Waals surface area contributed by atoms with Gasteiger partial charge in [0.1, 0.15) is 11.3 Å². The maximum absolute atomic E-state index is 13.4. The van der Waals surface area contributed by atoms with Gasteiger partial charge in [0, 0.05) is 38.1 Å². The number of nitrogens with one attached hydrogen (secondary N) is 1. The summed E-state index contributed by atoms with van der Waals surface area (Å²) < 4.78 is 5.95. The smallest absolute Gasteiger partial charge is 0.259 e. The maximum Gasteiger partial charge on any atom is 0.259 e. The van der Waals surface area contributed by atoms with Gasteiger partial charge in [-0.2, -0.15) is 0 Å². The quantitative estimate of drug-likeness (QED) is 0.466. The number of nitrogens with zero attached hydrogens (tertiary/aromatic N) is 3. The molecule has 0 spiro atoms. The molecule has 1 aromatic heterocycles. The van der Waals surface area contributed by atoms with Crippen LogP contribution in [0.2, 0.25) is 0 Å². The van der Waals surface area contributed by atoms with Gasteiger partial charge in [-0.3, -0.25) is 14.5 Å². The number of amides is 2. The summed E-state index contributed by atoms with van der Waals surface area (Å²) in [6, 6.07) is 17.4. The fraction of sp³-hybridized carbons (Fsp3) is 0.367. The van der Waals surface area contributed by atoms with E-state index < -0.39 is 0 Å². The molecule has 7 heteroatoms. The SMILES string of the molecule is CCc1cccc(CC)c1NC(=O)CN1CCCN(C(=O)c2cccnc2Oc2ccc(C)cc2)CC1. The second-order valence-electron chi connectivity index (χ2n) is 9.40. The van der Waals surface area contributed by atoms with Crippen molar-refractivity contribution in [2.24, 2.45) is 0 Å². The average Bonchev–Trinajstić information content (AvgIpc) is 3.15. The van der Waals surface area contributed by atoms with Gasteiger partial charge in [0.05, 0.1) is 6.54 Å². The first-order valence-electron chi connectivity index (χ1n) is 13.1. The largest absolute Gasteiger partial charge is 0.438 e. The summed E-state index contributed by atoms with van der Waals surface area (Å²) in [5.74, 6) is 0.822. The van der Waals surface area contributed by atoms with Crippen molar-refractivity contribution in [3.8, 4) is 11.6 Å². The van der Waals surface area contributed by atoms with Crippen molar-refractivity contribution in [1.82, 2.24) is 14.8 Å². The Morgan fingerprint density at radius 1 is 0.919 bits per heavy atom. The topological polar surface area (TPSA) is 74.8 Å². The first-order valence-corrected chi connectivity index (χ1v) is 13.1. The summed E-state index contributed by atoms with van der Waals surface area (Å²) >= 11 is 0. The van der Waals surface area contributed by atoms with Crippen LogP contribution in [0.25, 0.3) is 0 Å². The number of hydrogen-bond acceptors (Lipinski definition) is 5. The molecule has 2 amide bonds. The number of pyridine rings is 1. The fourth-order valence-electron chi connectivity index (χ4n) is 4.64. The summed E-state index contributed by atoms with van der Waals surface area (Å²) in [5.41, 5.74) is 4.83. The van der Waals surface area contributed by atoms with E-state index in [1.54, 1.807) is 18.3 Å². The van der Waals surface area contributed by atoms with Crippen molar-refractivity contribution in [2.45, 2.75) is 40.0 Å². The van der Waals surface area contributed by atoms with E-state index in [0.29, 0.717) is 43.4 Å². The van der Waals surface area contributed by atoms with Gasteiger partial charge in [-0.15, -0.1) is 0 Å². The second-order valence-corrected chi connectivity index (χ2v) is 9.40. The number of benzene rings is 2. The third kappa shape index (κ3) is 6.74. The zero-order valence-corrected chi connectivity index (χ0v) is 22.0. The maximum atomic E-state index is 13.4. The van der Waals surface area contributed by atoms with Gasteiger partial charge < -0.3 is 15.0 Å². The average molecular weight is 501 g/mol. The van der Waals surface area contributed by atoms with Crippen molar-refractivity contribution < 1.29 is 14.3 Å². The van der Waals surface area contributed by atoms with Crippen molar-refractivity contribution in [1.29, 1.82) is 0 Å². The Morgan fingerprint density at radius 3 is 2.35 bits per heavy atom. The number of carbonyl (C=O) groups is 2. The van der Waals surface area contributed by atoms with E-state index in [1.165, 1.54) is 0 Å². The normalized spacial score (nSPS) is 14.2. The van der Waals surface area contributed by atoms with Crippen LogP contribution >= 0.6 is 0 Å². The summed E-state index contributed by atoms with van der Waals surface area (Å²) in [6.07, 6.45) is 4.16. The molecule has 194 valence electrons. The lowest BCUT2D eigenvalue weighted by Gasteiger charge is -2.23. The van der Waals surface area contributed by atoms with Gasteiger partial charge in [-0.1, -0.05) is 49.7 Å². The molecule has 2 heterocycles. The van der Waals surface area contributed by atoms with Crippen molar-refractivity contribution >= 4 is 17.5 Å². The van der Waals surface area contributed by atoms with E-state index in [0.717, 1.165) is 48.2 Å². The highest BCUT2D eigenvalue weighted by Crippen LogP contribution is 2.25. The molecule has 1 aliphatic heterocycles. The fourth-order valence-corrected chi connectivity index (χ4v) is 4.64. The molecule has 0 saturated carbocycles. The number of para-hydroxylation sites is 1. The van der Waals surface area contributed by atoms with E-state index in [4.69, 9.17) is 4.74 Å². The Balaban J connectivity index is 1.38. The molecule has 1 aliphatic rings. The van der Waals surface area contributed by atoms with Crippen molar-refractivity contribution in [3.05, 3.63) is 83.0 Å². The summed E-state index contributed by atoms with van der Waals surface area (Å²) in [5, 5.41) is 3.16. The van der Waals surface area contributed by atoms with Gasteiger partial charge in [0.15, 0.2) is 0 Å². The monoisotopic (exact) mass is 500 g/mol. The minimum atomic E-state index is -0.106. The molecular weight excluding hydrogens is 464 g/mol. The van der Waals surface area contributed by atoms with Crippen LogP contribution in [0.15, 0.2) is 60.8 Å². The second kappa shape index (κ2) is 12.5. The lowest BCUT2D eigenvalue weighted by molar-refractivity contribution is -0.117. The van der Waals surface area contributed by atoms with Crippen molar-refractivity contribution in [3.63, 3.8) is 0 Å². The number of carbonyl (C=O) groups excluding carboxylic acids is 2. The molecule has 1 fully saturated rings. The molecular formula is C30H36N4O3. The molecule has 0 bridgehead atoms. The van der Waals surface area contributed by atoms with Crippen LogP contribution in [0, 0.1) is 6.92 Å². The van der Waals surface area contributed by atoms with Crippen LogP contribution in [0.3, 0.4) is 0 Å². The van der Waals surface area contributed by atoms with E-state index in [1.807, 2.05) is 42.2 Å². The summed E-state index contributed by atoms with van der Waals surface area (Å²) in [7, 11) is 0. The Kier molecular flexibility index (Phi) is 8.90. The predicted molar refractivity (Wildman–Crippen MR) is 146 cm³/mol. The minimum Gasteiger partial charge on any atom is -0.438 e.